The molecule has 1 N–H and O–H groups in total. The van der Waals surface area contributed by atoms with Crippen molar-refractivity contribution in [3.05, 3.63) is 78.4 Å². The minimum Gasteiger partial charge on any atom is -0.314 e. The quantitative estimate of drug-likeness (QED) is 0.455. The normalized spacial score (nSPS) is 11.8. The van der Waals surface area contributed by atoms with Crippen LogP contribution in [0.3, 0.4) is 0 Å². The van der Waals surface area contributed by atoms with E-state index in [-0.39, 0.29) is 0 Å². The summed E-state index contributed by atoms with van der Waals surface area (Å²) in [5, 5.41) is 3.25. The monoisotopic (exact) mass is 407 g/mol. The lowest BCUT2D eigenvalue weighted by Crippen LogP contribution is -2.18. The second kappa shape index (κ2) is 15.7. The van der Waals surface area contributed by atoms with E-state index in [1.165, 1.54) is 39.8 Å². The van der Waals surface area contributed by atoms with E-state index in [0.717, 1.165) is 18.8 Å². The van der Waals surface area contributed by atoms with E-state index in [4.69, 9.17) is 0 Å². The molecule has 1 unspecified atom stereocenters. The third-order valence-corrected chi connectivity index (χ3v) is 5.41. The van der Waals surface area contributed by atoms with Crippen molar-refractivity contribution in [2.24, 2.45) is 5.92 Å². The zero-order chi connectivity index (χ0) is 23.1. The highest BCUT2D eigenvalue weighted by Gasteiger charge is 2.04. The van der Waals surface area contributed by atoms with E-state index in [2.05, 4.69) is 115 Å². The summed E-state index contributed by atoms with van der Waals surface area (Å²) in [6.45, 7) is 21.4. The van der Waals surface area contributed by atoms with Crippen LogP contribution in [-0.4, -0.2) is 13.1 Å². The van der Waals surface area contributed by atoms with Crippen molar-refractivity contribution < 1.29 is 0 Å². The van der Waals surface area contributed by atoms with E-state index in [1.54, 1.807) is 0 Å². The average Bonchev–Trinajstić information content (AvgIpc) is 2.80. The van der Waals surface area contributed by atoms with Gasteiger partial charge in [0.2, 0.25) is 0 Å². The number of allylic oxidation sites excluding steroid dienone is 1. The van der Waals surface area contributed by atoms with E-state index in [0.29, 0.717) is 6.04 Å². The summed E-state index contributed by atoms with van der Waals surface area (Å²) in [6.07, 6.45) is 5.77. The molecular weight excluding hydrogens is 362 g/mol. The SMILES string of the molecule is C=C.CCC(C)C.CCc1ccc(-c2ccc(/C(C)=C/C(C)NC)cc2)cc1CC. The molecule has 30 heavy (non-hydrogen) atoms. The van der Waals surface area contributed by atoms with Crippen molar-refractivity contribution in [3.8, 4) is 11.1 Å². The van der Waals surface area contributed by atoms with Crippen LogP contribution in [0.4, 0.5) is 0 Å². The summed E-state index contributed by atoms with van der Waals surface area (Å²) in [4.78, 5) is 0. The molecule has 0 aliphatic carbocycles. The lowest BCUT2D eigenvalue weighted by molar-refractivity contribution is 0.626. The first-order valence-electron chi connectivity index (χ1n) is 11.4. The summed E-state index contributed by atoms with van der Waals surface area (Å²) in [7, 11) is 1.99. The molecule has 0 saturated carbocycles. The van der Waals surface area contributed by atoms with E-state index < -0.39 is 0 Å². The molecule has 0 fully saturated rings. The minimum absolute atomic E-state index is 0.392. The van der Waals surface area contributed by atoms with Crippen molar-refractivity contribution in [1.29, 1.82) is 0 Å². The van der Waals surface area contributed by atoms with Crippen LogP contribution in [0.5, 0.6) is 0 Å². The van der Waals surface area contributed by atoms with Crippen molar-refractivity contribution in [3.63, 3.8) is 0 Å². The number of hydrogen-bond donors (Lipinski definition) is 1. The van der Waals surface area contributed by atoms with E-state index >= 15 is 0 Å². The van der Waals surface area contributed by atoms with Gasteiger partial charge in [0.05, 0.1) is 0 Å². The number of benzene rings is 2. The summed E-state index contributed by atoms with van der Waals surface area (Å²) in [5.74, 6) is 0.884. The number of rotatable bonds is 7. The average molecular weight is 408 g/mol. The van der Waals surface area contributed by atoms with Crippen LogP contribution in [0.15, 0.2) is 61.7 Å². The Morgan fingerprint density at radius 2 is 1.37 bits per heavy atom. The van der Waals surface area contributed by atoms with Gasteiger partial charge < -0.3 is 5.32 Å². The van der Waals surface area contributed by atoms with Crippen LogP contribution in [0.1, 0.15) is 71.6 Å². The zero-order valence-corrected chi connectivity index (χ0v) is 20.8. The van der Waals surface area contributed by atoms with Gasteiger partial charge >= 0.3 is 0 Å². The van der Waals surface area contributed by atoms with Gasteiger partial charge in [-0.15, -0.1) is 13.2 Å². The first kappa shape index (κ1) is 27.9. The van der Waals surface area contributed by atoms with Gasteiger partial charge in [0.15, 0.2) is 0 Å². The first-order chi connectivity index (χ1) is 14.4. The van der Waals surface area contributed by atoms with Gasteiger partial charge in [-0.25, -0.2) is 0 Å². The molecule has 2 rings (SSSR count). The Hall–Kier alpha value is -2.12. The molecule has 166 valence electrons. The molecule has 0 aliphatic rings. The second-order valence-electron chi connectivity index (χ2n) is 8.00. The van der Waals surface area contributed by atoms with Gasteiger partial charge in [-0.2, -0.15) is 0 Å². The van der Waals surface area contributed by atoms with Crippen LogP contribution in [0, 0.1) is 5.92 Å². The summed E-state index contributed by atoms with van der Waals surface area (Å²) >= 11 is 0. The Morgan fingerprint density at radius 3 is 1.80 bits per heavy atom. The van der Waals surface area contributed by atoms with E-state index in [9.17, 15) is 0 Å². The highest BCUT2D eigenvalue weighted by Crippen LogP contribution is 2.25. The third-order valence-electron chi connectivity index (χ3n) is 5.41. The fraction of sp³-hybridized carbons (Fsp3) is 0.448. The molecule has 0 saturated heterocycles. The number of likely N-dealkylation sites (N-methyl/N-ethyl adjacent to an activating group) is 1. The van der Waals surface area contributed by atoms with Crippen LogP contribution >= 0.6 is 0 Å². The molecule has 0 heterocycles. The third kappa shape index (κ3) is 9.59. The topological polar surface area (TPSA) is 12.0 Å². The molecule has 0 amide bonds. The number of aryl methyl sites for hydroxylation is 2. The molecule has 2 aromatic rings. The highest BCUT2D eigenvalue weighted by molar-refractivity contribution is 5.70. The van der Waals surface area contributed by atoms with Gasteiger partial charge in [0, 0.05) is 6.04 Å². The Kier molecular flexibility index (Phi) is 14.6. The molecule has 1 nitrogen and oxygen atoms in total. The fourth-order valence-electron chi connectivity index (χ4n) is 2.96. The zero-order valence-electron chi connectivity index (χ0n) is 20.8. The van der Waals surface area contributed by atoms with Gasteiger partial charge in [-0.3, -0.25) is 0 Å². The molecule has 1 atom stereocenters. The molecule has 0 aromatic heterocycles. The summed E-state index contributed by atoms with van der Waals surface area (Å²) in [5.41, 5.74) is 8.14. The smallest absolute Gasteiger partial charge is 0.0224 e. The van der Waals surface area contributed by atoms with E-state index in [1.807, 2.05) is 7.05 Å². The fourth-order valence-corrected chi connectivity index (χ4v) is 2.96. The molecule has 0 radical (unpaired) electrons. The van der Waals surface area contributed by atoms with Crippen LogP contribution < -0.4 is 5.32 Å². The lowest BCUT2D eigenvalue weighted by Gasteiger charge is -2.11. The highest BCUT2D eigenvalue weighted by atomic mass is 14.8. The van der Waals surface area contributed by atoms with Gasteiger partial charge in [0.1, 0.15) is 0 Å². The van der Waals surface area contributed by atoms with Crippen molar-refractivity contribution in [1.82, 2.24) is 5.32 Å². The summed E-state index contributed by atoms with van der Waals surface area (Å²) < 4.78 is 0. The van der Waals surface area contributed by atoms with Gasteiger partial charge in [0.25, 0.3) is 0 Å². The molecule has 1 heteroatoms. The van der Waals surface area contributed by atoms with Crippen LogP contribution in [-0.2, 0) is 12.8 Å². The maximum atomic E-state index is 3.25. The predicted molar refractivity (Wildman–Crippen MR) is 139 cm³/mol. The maximum Gasteiger partial charge on any atom is 0.0224 e. The lowest BCUT2D eigenvalue weighted by atomic mass is 9.95. The number of hydrogen-bond acceptors (Lipinski definition) is 1. The Balaban J connectivity index is 0.00000105. The van der Waals surface area contributed by atoms with Crippen LogP contribution in [0.25, 0.3) is 16.7 Å². The molecule has 0 aliphatic heterocycles. The van der Waals surface area contributed by atoms with Crippen molar-refractivity contribution >= 4 is 5.57 Å². The largest absolute Gasteiger partial charge is 0.314 e. The predicted octanol–water partition coefficient (Wildman–Crippen LogP) is 8.34. The van der Waals surface area contributed by atoms with Crippen molar-refractivity contribution in [2.75, 3.05) is 7.05 Å². The molecular formula is C29H45N. The van der Waals surface area contributed by atoms with Gasteiger partial charge in [-0.05, 0) is 73.0 Å². The molecule has 0 spiro atoms. The minimum atomic E-state index is 0.392. The maximum absolute atomic E-state index is 3.25. The Labute approximate surface area is 187 Å². The number of nitrogens with one attached hydrogen (secondary N) is 1. The van der Waals surface area contributed by atoms with Gasteiger partial charge in [-0.1, -0.05) is 89.6 Å². The van der Waals surface area contributed by atoms with Crippen molar-refractivity contribution in [2.45, 2.75) is 73.8 Å². The Bertz CT molecular complexity index is 737. The molecule has 0 bridgehead atoms. The first-order valence-corrected chi connectivity index (χ1v) is 11.4. The van der Waals surface area contributed by atoms with Crippen LogP contribution in [0.2, 0.25) is 0 Å². The molecule has 2 aromatic carbocycles. The standard InChI is InChI=1S/C22H29N.C5H12.C2H4/c1-6-18-8-13-22(15-19(18)7-2)21-11-9-20(10-12-21)16(3)14-17(4)23-5;1-4-5(2)3;1-2/h8-15,17,23H,6-7H2,1-5H3;5H,4H2,1-3H3;1-2H2/b16-14+;;. The second-order valence-corrected chi connectivity index (χ2v) is 8.00. The Morgan fingerprint density at radius 1 is 0.867 bits per heavy atom. The summed E-state index contributed by atoms with van der Waals surface area (Å²) in [6, 6.07) is 16.2.